The Morgan fingerprint density at radius 2 is 2.19 bits per heavy atom. The summed E-state index contributed by atoms with van der Waals surface area (Å²) in [6, 6.07) is 5.59. The number of ether oxygens (including phenoxy) is 1. The lowest BCUT2D eigenvalue weighted by Crippen LogP contribution is -2.09. The maximum atomic E-state index is 8.83. The first-order chi connectivity index (χ1) is 7.78. The number of aryl methyl sites for hydroxylation is 1. The van der Waals surface area contributed by atoms with Crippen molar-refractivity contribution in [2.45, 2.75) is 32.6 Å². The van der Waals surface area contributed by atoms with Crippen LogP contribution in [0.5, 0.6) is 5.88 Å². The largest absolute Gasteiger partial charge is 0.477 e. The lowest BCUT2D eigenvalue weighted by atomic mass is 10.1. The molecule has 0 N–H and O–H groups in total. The molecule has 1 heterocycles. The van der Waals surface area contributed by atoms with Crippen LogP contribution in [0.4, 0.5) is 0 Å². The lowest BCUT2D eigenvalue weighted by molar-refractivity contribution is 0.243. The Morgan fingerprint density at radius 1 is 1.44 bits per heavy atom. The van der Waals surface area contributed by atoms with Crippen molar-refractivity contribution in [1.82, 2.24) is 4.98 Å². The number of hydrogen-bond acceptors (Lipinski definition) is 3. The van der Waals surface area contributed by atoms with Gasteiger partial charge in [-0.15, -0.1) is 0 Å². The first-order valence-electron chi connectivity index (χ1n) is 5.79. The molecule has 0 atom stereocenters. The third-order valence-corrected chi connectivity index (χ3v) is 3.00. The van der Waals surface area contributed by atoms with Crippen molar-refractivity contribution in [3.63, 3.8) is 0 Å². The summed E-state index contributed by atoms with van der Waals surface area (Å²) in [6.07, 6.45) is 5.16. The van der Waals surface area contributed by atoms with E-state index in [1.165, 1.54) is 25.7 Å². The molecule has 84 valence electrons. The zero-order chi connectivity index (χ0) is 11.4. The molecule has 1 fully saturated rings. The van der Waals surface area contributed by atoms with E-state index < -0.39 is 0 Å². The SMILES string of the molecule is Cc1cc(C#N)cc(OCC2CCCC2)n1. The molecule has 16 heavy (non-hydrogen) atoms. The van der Waals surface area contributed by atoms with Gasteiger partial charge in [-0.1, -0.05) is 12.8 Å². The van der Waals surface area contributed by atoms with Gasteiger partial charge in [-0.2, -0.15) is 5.26 Å². The second-order valence-electron chi connectivity index (χ2n) is 4.41. The molecule has 3 heteroatoms. The third kappa shape index (κ3) is 2.73. The second kappa shape index (κ2) is 4.98. The number of pyridine rings is 1. The Labute approximate surface area is 96.1 Å². The van der Waals surface area contributed by atoms with E-state index in [0.717, 1.165) is 12.3 Å². The molecule has 1 aromatic rings. The van der Waals surface area contributed by atoms with E-state index in [-0.39, 0.29) is 0 Å². The van der Waals surface area contributed by atoms with Crippen molar-refractivity contribution in [2.24, 2.45) is 5.92 Å². The van der Waals surface area contributed by atoms with Crippen molar-refractivity contribution < 1.29 is 4.74 Å². The number of nitrogens with zero attached hydrogens (tertiary/aromatic N) is 2. The predicted octanol–water partition coefficient (Wildman–Crippen LogP) is 2.83. The van der Waals surface area contributed by atoms with Crippen LogP contribution < -0.4 is 4.74 Å². The molecule has 0 aromatic carbocycles. The van der Waals surface area contributed by atoms with Crippen molar-refractivity contribution in [1.29, 1.82) is 5.26 Å². The Kier molecular flexibility index (Phi) is 3.40. The van der Waals surface area contributed by atoms with Gasteiger partial charge in [0.05, 0.1) is 18.2 Å². The molecule has 0 spiro atoms. The van der Waals surface area contributed by atoms with E-state index in [9.17, 15) is 0 Å². The van der Waals surface area contributed by atoms with Gasteiger partial charge >= 0.3 is 0 Å². The maximum absolute atomic E-state index is 8.83. The number of aromatic nitrogens is 1. The summed E-state index contributed by atoms with van der Waals surface area (Å²) < 4.78 is 5.65. The first-order valence-corrected chi connectivity index (χ1v) is 5.79. The molecular formula is C13H16N2O. The number of hydrogen-bond donors (Lipinski definition) is 0. The van der Waals surface area contributed by atoms with Gasteiger partial charge in [-0.25, -0.2) is 4.98 Å². The third-order valence-electron chi connectivity index (χ3n) is 3.00. The van der Waals surface area contributed by atoms with Gasteiger partial charge in [0.2, 0.25) is 5.88 Å². The highest BCUT2D eigenvalue weighted by atomic mass is 16.5. The van der Waals surface area contributed by atoms with Gasteiger partial charge in [-0.3, -0.25) is 0 Å². The lowest BCUT2D eigenvalue weighted by Gasteiger charge is -2.10. The van der Waals surface area contributed by atoms with E-state index in [4.69, 9.17) is 10.00 Å². The highest BCUT2D eigenvalue weighted by molar-refractivity contribution is 5.34. The van der Waals surface area contributed by atoms with Crippen LogP contribution in [-0.2, 0) is 0 Å². The first kappa shape index (κ1) is 10.9. The van der Waals surface area contributed by atoms with Crippen molar-refractivity contribution in [3.05, 3.63) is 23.4 Å². The Balaban J connectivity index is 1.98. The average molecular weight is 216 g/mol. The molecule has 1 aromatic heterocycles. The summed E-state index contributed by atoms with van der Waals surface area (Å²) in [4.78, 5) is 4.27. The molecule has 3 nitrogen and oxygen atoms in total. The fourth-order valence-electron chi connectivity index (χ4n) is 2.16. The average Bonchev–Trinajstić information content (AvgIpc) is 2.78. The highest BCUT2D eigenvalue weighted by Crippen LogP contribution is 2.25. The van der Waals surface area contributed by atoms with E-state index in [1.54, 1.807) is 12.1 Å². The van der Waals surface area contributed by atoms with E-state index in [0.29, 0.717) is 17.4 Å². The van der Waals surface area contributed by atoms with Crippen LogP contribution in [0.3, 0.4) is 0 Å². The van der Waals surface area contributed by atoms with Crippen LogP contribution in [0.2, 0.25) is 0 Å². The minimum absolute atomic E-state index is 0.587. The second-order valence-corrected chi connectivity index (χ2v) is 4.41. The molecule has 2 rings (SSSR count). The fraction of sp³-hybridized carbons (Fsp3) is 0.538. The van der Waals surface area contributed by atoms with E-state index in [2.05, 4.69) is 11.1 Å². The molecule has 0 unspecified atom stereocenters. The Morgan fingerprint density at radius 3 is 2.88 bits per heavy atom. The molecular weight excluding hydrogens is 200 g/mol. The van der Waals surface area contributed by atoms with Crippen LogP contribution >= 0.6 is 0 Å². The molecule has 1 saturated carbocycles. The smallest absolute Gasteiger partial charge is 0.214 e. The Bertz CT molecular complexity index is 403. The van der Waals surface area contributed by atoms with Crippen LogP contribution in [0.25, 0.3) is 0 Å². The zero-order valence-electron chi connectivity index (χ0n) is 9.57. The minimum Gasteiger partial charge on any atom is -0.477 e. The molecule has 1 aliphatic rings. The molecule has 0 aliphatic heterocycles. The summed E-state index contributed by atoms with van der Waals surface area (Å²) in [5, 5.41) is 8.83. The quantitative estimate of drug-likeness (QED) is 0.780. The molecule has 0 radical (unpaired) electrons. The van der Waals surface area contributed by atoms with E-state index >= 15 is 0 Å². The minimum atomic E-state index is 0.587. The van der Waals surface area contributed by atoms with E-state index in [1.807, 2.05) is 6.92 Å². The highest BCUT2D eigenvalue weighted by Gasteiger charge is 2.15. The van der Waals surface area contributed by atoms with Crippen molar-refractivity contribution in [2.75, 3.05) is 6.61 Å². The summed E-state index contributed by atoms with van der Waals surface area (Å²) in [5.41, 5.74) is 1.45. The summed E-state index contributed by atoms with van der Waals surface area (Å²) in [5.74, 6) is 1.26. The van der Waals surface area contributed by atoms with Crippen LogP contribution in [0, 0.1) is 24.2 Å². The van der Waals surface area contributed by atoms with Crippen LogP contribution in [0.15, 0.2) is 12.1 Å². The predicted molar refractivity (Wildman–Crippen MR) is 61.1 cm³/mol. The Hall–Kier alpha value is -1.56. The zero-order valence-corrected chi connectivity index (χ0v) is 9.57. The number of nitriles is 1. The molecule has 0 amide bonds. The molecule has 1 aliphatic carbocycles. The topological polar surface area (TPSA) is 45.9 Å². The normalized spacial score (nSPS) is 16.0. The van der Waals surface area contributed by atoms with Gasteiger partial charge < -0.3 is 4.74 Å². The number of rotatable bonds is 3. The van der Waals surface area contributed by atoms with Crippen molar-refractivity contribution >= 4 is 0 Å². The van der Waals surface area contributed by atoms with Gasteiger partial charge in [0.15, 0.2) is 0 Å². The molecule has 0 bridgehead atoms. The molecule has 0 saturated heterocycles. The van der Waals surface area contributed by atoms with Gasteiger partial charge in [-0.05, 0) is 31.7 Å². The van der Waals surface area contributed by atoms with Gasteiger partial charge in [0.1, 0.15) is 0 Å². The monoisotopic (exact) mass is 216 g/mol. The van der Waals surface area contributed by atoms with Crippen molar-refractivity contribution in [3.8, 4) is 11.9 Å². The van der Waals surface area contributed by atoms with Crippen LogP contribution in [0.1, 0.15) is 36.9 Å². The maximum Gasteiger partial charge on any atom is 0.214 e. The standard InChI is InChI=1S/C13H16N2O/c1-10-6-12(8-14)7-13(15-10)16-9-11-4-2-3-5-11/h6-7,11H,2-5,9H2,1H3. The summed E-state index contributed by atoms with van der Waals surface area (Å²) >= 11 is 0. The van der Waals surface area contributed by atoms with Gasteiger partial charge in [0, 0.05) is 11.8 Å². The van der Waals surface area contributed by atoms with Crippen LogP contribution in [-0.4, -0.2) is 11.6 Å². The fourth-order valence-corrected chi connectivity index (χ4v) is 2.16. The van der Waals surface area contributed by atoms with Gasteiger partial charge in [0.25, 0.3) is 0 Å². The summed E-state index contributed by atoms with van der Waals surface area (Å²) in [6.45, 7) is 2.62. The summed E-state index contributed by atoms with van der Waals surface area (Å²) in [7, 11) is 0.